The van der Waals surface area contributed by atoms with E-state index in [2.05, 4.69) is 19.9 Å². The summed E-state index contributed by atoms with van der Waals surface area (Å²) in [5, 5.41) is 0.861. The van der Waals surface area contributed by atoms with Gasteiger partial charge in [0.1, 0.15) is 0 Å². The summed E-state index contributed by atoms with van der Waals surface area (Å²) in [4.78, 5) is 1.31. The van der Waals surface area contributed by atoms with Crippen molar-refractivity contribution in [1.82, 2.24) is 0 Å². The van der Waals surface area contributed by atoms with Crippen molar-refractivity contribution < 1.29 is 0 Å². The Morgan fingerprint density at radius 2 is 2.06 bits per heavy atom. The molecule has 1 rings (SSSR count). The van der Waals surface area contributed by atoms with Crippen LogP contribution in [0, 0.1) is 0 Å². The van der Waals surface area contributed by atoms with Crippen LogP contribution in [0.15, 0.2) is 23.1 Å². The third-order valence-electron chi connectivity index (χ3n) is 3.07. The van der Waals surface area contributed by atoms with E-state index in [0.29, 0.717) is 0 Å². The summed E-state index contributed by atoms with van der Waals surface area (Å²) in [5.41, 5.74) is 7.28. The molecular weight excluding hydrogens is 262 g/mol. The molecule has 0 fully saturated rings. The van der Waals surface area contributed by atoms with Crippen LogP contribution in [0.25, 0.3) is 0 Å². The van der Waals surface area contributed by atoms with Gasteiger partial charge in [-0.3, -0.25) is 0 Å². The van der Waals surface area contributed by atoms with E-state index in [0.717, 1.165) is 17.9 Å². The Bertz CT molecular complexity index is 354. The largest absolute Gasteiger partial charge is 0.327 e. The van der Waals surface area contributed by atoms with Crippen LogP contribution >= 0.6 is 23.4 Å². The molecule has 0 aliphatic rings. The average Bonchev–Trinajstić information content (AvgIpc) is 2.38. The third-order valence-corrected chi connectivity index (χ3v) is 4.61. The maximum atomic E-state index is 6.30. The van der Waals surface area contributed by atoms with E-state index >= 15 is 0 Å². The number of thioether (sulfide) groups is 1. The normalized spacial score (nSPS) is 12.7. The second-order valence-electron chi connectivity index (χ2n) is 4.64. The molecule has 1 unspecified atom stereocenters. The van der Waals surface area contributed by atoms with Crippen LogP contribution in [0.1, 0.15) is 45.1 Å². The predicted molar refractivity (Wildman–Crippen MR) is 83.7 cm³/mol. The van der Waals surface area contributed by atoms with Gasteiger partial charge in [-0.15, -0.1) is 11.8 Å². The van der Waals surface area contributed by atoms with Crippen molar-refractivity contribution in [1.29, 1.82) is 0 Å². The lowest BCUT2D eigenvalue weighted by atomic mass is 10.0. The van der Waals surface area contributed by atoms with E-state index < -0.39 is 0 Å². The summed E-state index contributed by atoms with van der Waals surface area (Å²) in [5.74, 6) is 1.17. The molecule has 2 N–H and O–H groups in total. The van der Waals surface area contributed by atoms with Crippen LogP contribution < -0.4 is 5.73 Å². The van der Waals surface area contributed by atoms with Crippen LogP contribution in [-0.4, -0.2) is 11.8 Å². The highest BCUT2D eigenvalue weighted by atomic mass is 35.5. The first-order valence-corrected chi connectivity index (χ1v) is 8.21. The molecule has 1 nitrogen and oxygen atoms in total. The first kappa shape index (κ1) is 15.9. The molecule has 0 saturated heterocycles. The van der Waals surface area contributed by atoms with Gasteiger partial charge in [-0.25, -0.2) is 0 Å². The van der Waals surface area contributed by atoms with Gasteiger partial charge in [0.25, 0.3) is 0 Å². The third kappa shape index (κ3) is 5.21. The van der Waals surface area contributed by atoms with Gasteiger partial charge in [0.2, 0.25) is 0 Å². The average molecular weight is 286 g/mol. The number of halogens is 1. The number of rotatable bonds is 8. The molecule has 0 radical (unpaired) electrons. The molecule has 18 heavy (non-hydrogen) atoms. The smallest absolute Gasteiger partial charge is 0.0449 e. The van der Waals surface area contributed by atoms with Crippen LogP contribution in [-0.2, 0) is 6.42 Å². The summed E-state index contributed by atoms with van der Waals surface area (Å²) >= 11 is 8.22. The zero-order chi connectivity index (χ0) is 13.4. The lowest BCUT2D eigenvalue weighted by Crippen LogP contribution is -2.21. The first-order chi connectivity index (χ1) is 8.69. The van der Waals surface area contributed by atoms with Crippen LogP contribution in [0.4, 0.5) is 0 Å². The standard InChI is InChI=1S/C15H24ClNS/c1-3-5-6-10-18-15-9-7-8-14(16)13(15)11-12(17)4-2/h7-9,12H,3-6,10-11,17H2,1-2H3. The van der Waals surface area contributed by atoms with Gasteiger partial charge in [0.15, 0.2) is 0 Å². The highest BCUT2D eigenvalue weighted by molar-refractivity contribution is 7.99. The van der Waals surface area contributed by atoms with E-state index in [9.17, 15) is 0 Å². The summed E-state index contributed by atoms with van der Waals surface area (Å²) in [6, 6.07) is 6.38. The van der Waals surface area contributed by atoms with Crippen molar-refractivity contribution in [3.8, 4) is 0 Å². The van der Waals surface area contributed by atoms with Crippen molar-refractivity contribution >= 4 is 23.4 Å². The molecule has 0 bridgehead atoms. The van der Waals surface area contributed by atoms with Gasteiger partial charge < -0.3 is 5.73 Å². The molecule has 3 heteroatoms. The quantitative estimate of drug-likeness (QED) is 0.543. The second-order valence-corrected chi connectivity index (χ2v) is 6.19. The molecule has 0 amide bonds. The maximum Gasteiger partial charge on any atom is 0.0449 e. The highest BCUT2D eigenvalue weighted by Gasteiger charge is 2.10. The van der Waals surface area contributed by atoms with Crippen molar-refractivity contribution in [3.05, 3.63) is 28.8 Å². The number of hydrogen-bond acceptors (Lipinski definition) is 2. The lowest BCUT2D eigenvalue weighted by molar-refractivity contribution is 0.641. The Morgan fingerprint density at radius 1 is 1.28 bits per heavy atom. The van der Waals surface area contributed by atoms with Crippen LogP contribution in [0.5, 0.6) is 0 Å². The Hall–Kier alpha value is -0.180. The van der Waals surface area contributed by atoms with Gasteiger partial charge in [0, 0.05) is 16.0 Å². The van der Waals surface area contributed by atoms with E-state index in [1.807, 2.05) is 23.9 Å². The molecule has 0 aliphatic carbocycles. The Labute approximate surface area is 120 Å². The Kier molecular flexibility index (Phi) is 7.80. The van der Waals surface area contributed by atoms with Crippen molar-refractivity contribution in [3.63, 3.8) is 0 Å². The first-order valence-electron chi connectivity index (χ1n) is 6.84. The second kappa shape index (κ2) is 8.84. The topological polar surface area (TPSA) is 26.0 Å². The van der Waals surface area contributed by atoms with Crippen molar-refractivity contribution in [2.75, 3.05) is 5.75 Å². The molecule has 1 aromatic carbocycles. The lowest BCUT2D eigenvalue weighted by Gasteiger charge is -2.14. The highest BCUT2D eigenvalue weighted by Crippen LogP contribution is 2.30. The fourth-order valence-electron chi connectivity index (χ4n) is 1.81. The molecule has 0 spiro atoms. The zero-order valence-corrected chi connectivity index (χ0v) is 13.0. The van der Waals surface area contributed by atoms with Gasteiger partial charge in [-0.2, -0.15) is 0 Å². The van der Waals surface area contributed by atoms with E-state index in [-0.39, 0.29) is 6.04 Å². The SMILES string of the molecule is CCCCCSc1cccc(Cl)c1CC(N)CC. The number of benzene rings is 1. The fraction of sp³-hybridized carbons (Fsp3) is 0.600. The van der Waals surface area contributed by atoms with E-state index in [1.54, 1.807) is 0 Å². The summed E-state index contributed by atoms with van der Waals surface area (Å²) in [6.07, 6.45) is 5.71. The van der Waals surface area contributed by atoms with E-state index in [1.165, 1.54) is 35.5 Å². The zero-order valence-electron chi connectivity index (χ0n) is 11.4. The van der Waals surface area contributed by atoms with Crippen LogP contribution in [0.2, 0.25) is 5.02 Å². The minimum Gasteiger partial charge on any atom is -0.327 e. The number of nitrogens with two attached hydrogens (primary N) is 1. The summed E-state index contributed by atoms with van der Waals surface area (Å²) in [6.45, 7) is 4.35. The molecule has 0 heterocycles. The molecule has 1 aromatic rings. The minimum atomic E-state index is 0.208. The molecule has 0 saturated carbocycles. The minimum absolute atomic E-state index is 0.208. The molecule has 0 aromatic heterocycles. The van der Waals surface area contributed by atoms with Gasteiger partial charge in [0.05, 0.1) is 0 Å². The summed E-state index contributed by atoms with van der Waals surface area (Å²) in [7, 11) is 0. The van der Waals surface area contributed by atoms with Gasteiger partial charge >= 0.3 is 0 Å². The Morgan fingerprint density at radius 3 is 2.72 bits per heavy atom. The predicted octanol–water partition coefficient (Wildman–Crippen LogP) is 4.90. The number of hydrogen-bond donors (Lipinski definition) is 1. The van der Waals surface area contributed by atoms with Gasteiger partial charge in [-0.1, -0.05) is 44.4 Å². The monoisotopic (exact) mass is 285 g/mol. The van der Waals surface area contributed by atoms with Crippen LogP contribution in [0.3, 0.4) is 0 Å². The summed E-state index contributed by atoms with van der Waals surface area (Å²) < 4.78 is 0. The molecular formula is C15H24ClNS. The van der Waals surface area contributed by atoms with Crippen molar-refractivity contribution in [2.24, 2.45) is 5.73 Å². The molecule has 102 valence electrons. The fourth-order valence-corrected chi connectivity index (χ4v) is 3.23. The van der Waals surface area contributed by atoms with Gasteiger partial charge in [-0.05, 0) is 42.7 Å². The molecule has 0 aliphatic heterocycles. The number of unbranched alkanes of at least 4 members (excludes halogenated alkanes) is 2. The van der Waals surface area contributed by atoms with Crippen molar-refractivity contribution in [2.45, 2.75) is 56.9 Å². The molecule has 1 atom stereocenters. The Balaban J connectivity index is 2.67. The van der Waals surface area contributed by atoms with E-state index in [4.69, 9.17) is 17.3 Å². The maximum absolute atomic E-state index is 6.30.